The topological polar surface area (TPSA) is 82.1 Å². The number of ether oxygens (including phenoxy) is 1. The molecule has 2 aliphatic rings. The molecule has 2 atom stereocenters. The predicted octanol–water partition coefficient (Wildman–Crippen LogP) is 0.914. The van der Waals surface area contributed by atoms with E-state index in [9.17, 15) is 14.7 Å². The van der Waals surface area contributed by atoms with Crippen molar-refractivity contribution in [3.8, 4) is 5.75 Å². The van der Waals surface area contributed by atoms with E-state index in [-0.39, 0.29) is 24.3 Å². The zero-order valence-electron chi connectivity index (χ0n) is 16.8. The Bertz CT molecular complexity index is 667. The van der Waals surface area contributed by atoms with Crippen molar-refractivity contribution in [1.29, 1.82) is 0 Å². The Morgan fingerprint density at radius 3 is 2.39 bits per heavy atom. The maximum atomic E-state index is 12.2. The smallest absolute Gasteiger partial charge is 0.237 e. The number of benzene rings is 1. The summed E-state index contributed by atoms with van der Waals surface area (Å²) in [5, 5.41) is 13.3. The van der Waals surface area contributed by atoms with Crippen molar-refractivity contribution in [2.24, 2.45) is 0 Å². The second-order valence-corrected chi connectivity index (χ2v) is 7.84. The molecule has 7 heteroatoms. The number of hydrogen-bond donors (Lipinski definition) is 2. The molecule has 2 unspecified atom stereocenters. The standard InChI is InChI=1S/C21H31N3O4/c1-15(21(27)22-18-5-6-18)24-11-9-23(10-12-24)13-19(26)14-28-20-7-3-17(4-8-20)16(2)25/h3-4,7-8,15,18-19,26H,5-6,9-14H2,1-2H3,(H,22,27). The lowest BCUT2D eigenvalue weighted by Crippen LogP contribution is -2.55. The van der Waals surface area contributed by atoms with Crippen molar-refractivity contribution in [3.05, 3.63) is 29.8 Å². The summed E-state index contributed by atoms with van der Waals surface area (Å²) >= 11 is 0. The Hall–Kier alpha value is -1.96. The summed E-state index contributed by atoms with van der Waals surface area (Å²) in [5.41, 5.74) is 0.644. The number of piperazine rings is 1. The van der Waals surface area contributed by atoms with Gasteiger partial charge < -0.3 is 15.2 Å². The summed E-state index contributed by atoms with van der Waals surface area (Å²) in [6.07, 6.45) is 1.62. The molecule has 1 amide bonds. The van der Waals surface area contributed by atoms with Crippen LogP contribution in [0.15, 0.2) is 24.3 Å². The number of nitrogens with one attached hydrogen (secondary N) is 1. The van der Waals surface area contributed by atoms with E-state index in [0.717, 1.165) is 39.0 Å². The van der Waals surface area contributed by atoms with Crippen LogP contribution in [0.25, 0.3) is 0 Å². The Kier molecular flexibility index (Phi) is 7.04. The molecule has 1 saturated heterocycles. The summed E-state index contributed by atoms with van der Waals surface area (Å²) in [6.45, 7) is 7.53. The highest BCUT2D eigenvalue weighted by atomic mass is 16.5. The lowest BCUT2D eigenvalue weighted by molar-refractivity contribution is -0.126. The molecule has 0 aromatic heterocycles. The summed E-state index contributed by atoms with van der Waals surface area (Å²) in [7, 11) is 0. The van der Waals surface area contributed by atoms with Gasteiger partial charge in [0, 0.05) is 44.3 Å². The first-order valence-electron chi connectivity index (χ1n) is 10.1. The molecule has 0 radical (unpaired) electrons. The average molecular weight is 389 g/mol. The fourth-order valence-electron chi connectivity index (χ4n) is 3.38. The molecule has 28 heavy (non-hydrogen) atoms. The van der Waals surface area contributed by atoms with Crippen LogP contribution in [-0.4, -0.2) is 84.1 Å². The third-order valence-corrected chi connectivity index (χ3v) is 5.43. The van der Waals surface area contributed by atoms with E-state index in [0.29, 0.717) is 23.9 Å². The summed E-state index contributed by atoms with van der Waals surface area (Å²) < 4.78 is 5.63. The van der Waals surface area contributed by atoms with Gasteiger partial charge in [-0.2, -0.15) is 0 Å². The molecule has 0 spiro atoms. The summed E-state index contributed by atoms with van der Waals surface area (Å²) in [5.74, 6) is 0.787. The third kappa shape index (κ3) is 6.02. The lowest BCUT2D eigenvalue weighted by Gasteiger charge is -2.38. The van der Waals surface area contributed by atoms with Gasteiger partial charge in [0.2, 0.25) is 5.91 Å². The van der Waals surface area contributed by atoms with E-state index in [1.165, 1.54) is 6.92 Å². The third-order valence-electron chi connectivity index (χ3n) is 5.43. The number of Topliss-reactive ketones (excluding diaryl/α,β-unsaturated/α-hetero) is 1. The maximum absolute atomic E-state index is 12.2. The number of hydrogen-bond acceptors (Lipinski definition) is 6. The van der Waals surface area contributed by atoms with Gasteiger partial charge in [0.1, 0.15) is 18.5 Å². The number of ketones is 1. The molecule has 2 N–H and O–H groups in total. The quantitative estimate of drug-likeness (QED) is 0.611. The van der Waals surface area contributed by atoms with Crippen LogP contribution in [0.1, 0.15) is 37.0 Å². The molecule has 7 nitrogen and oxygen atoms in total. The number of nitrogens with zero attached hydrogens (tertiary/aromatic N) is 2. The van der Waals surface area contributed by atoms with Crippen LogP contribution < -0.4 is 10.1 Å². The summed E-state index contributed by atoms with van der Waals surface area (Å²) in [6, 6.07) is 7.24. The van der Waals surface area contributed by atoms with Crippen molar-refractivity contribution >= 4 is 11.7 Å². The monoisotopic (exact) mass is 389 g/mol. The van der Waals surface area contributed by atoms with E-state index in [1.54, 1.807) is 24.3 Å². The second kappa shape index (κ2) is 9.49. The Morgan fingerprint density at radius 1 is 1.18 bits per heavy atom. The zero-order chi connectivity index (χ0) is 20.1. The minimum absolute atomic E-state index is 0.0186. The lowest BCUT2D eigenvalue weighted by atomic mass is 10.1. The number of amides is 1. The van der Waals surface area contributed by atoms with E-state index < -0.39 is 6.10 Å². The molecule has 1 heterocycles. The molecular weight excluding hydrogens is 358 g/mol. The van der Waals surface area contributed by atoms with Crippen molar-refractivity contribution in [2.75, 3.05) is 39.3 Å². The normalized spacial score (nSPS) is 20.4. The predicted molar refractivity (Wildman–Crippen MR) is 107 cm³/mol. The van der Waals surface area contributed by atoms with Crippen molar-refractivity contribution < 1.29 is 19.4 Å². The zero-order valence-corrected chi connectivity index (χ0v) is 16.8. The molecular formula is C21H31N3O4. The molecule has 1 aromatic carbocycles. The van der Waals surface area contributed by atoms with E-state index in [1.807, 2.05) is 6.92 Å². The highest BCUT2D eigenvalue weighted by molar-refractivity contribution is 5.94. The molecule has 2 fully saturated rings. The largest absolute Gasteiger partial charge is 0.491 e. The van der Waals surface area contributed by atoms with Gasteiger partial charge in [-0.15, -0.1) is 0 Å². The van der Waals surface area contributed by atoms with Gasteiger partial charge in [-0.1, -0.05) is 0 Å². The van der Waals surface area contributed by atoms with Crippen molar-refractivity contribution in [3.63, 3.8) is 0 Å². The minimum Gasteiger partial charge on any atom is -0.491 e. The number of carbonyl (C=O) groups is 2. The Labute approximate surface area is 166 Å². The van der Waals surface area contributed by atoms with Crippen LogP contribution in [0, 0.1) is 0 Å². The average Bonchev–Trinajstić information content (AvgIpc) is 3.50. The number of rotatable bonds is 9. The SMILES string of the molecule is CC(=O)c1ccc(OCC(O)CN2CCN(C(C)C(=O)NC3CC3)CC2)cc1. The number of carbonyl (C=O) groups excluding carboxylic acids is 2. The first-order chi connectivity index (χ1) is 13.4. The first kappa shape index (κ1) is 20.8. The molecule has 3 rings (SSSR count). The number of β-amino-alcohol motifs (C(OH)–C–C–N with tert-alkyl or cyclic N) is 1. The highest BCUT2D eigenvalue weighted by Gasteiger charge is 2.30. The van der Waals surface area contributed by atoms with E-state index >= 15 is 0 Å². The second-order valence-electron chi connectivity index (χ2n) is 7.84. The van der Waals surface area contributed by atoms with Crippen LogP contribution >= 0.6 is 0 Å². The fraction of sp³-hybridized carbons (Fsp3) is 0.619. The highest BCUT2D eigenvalue weighted by Crippen LogP contribution is 2.19. The maximum Gasteiger partial charge on any atom is 0.237 e. The van der Waals surface area contributed by atoms with Crippen LogP contribution in [0.4, 0.5) is 0 Å². The van der Waals surface area contributed by atoms with Gasteiger partial charge in [-0.05, 0) is 51.0 Å². The van der Waals surface area contributed by atoms with Crippen LogP contribution in [-0.2, 0) is 4.79 Å². The molecule has 1 aliphatic heterocycles. The van der Waals surface area contributed by atoms with Gasteiger partial charge >= 0.3 is 0 Å². The van der Waals surface area contributed by atoms with Gasteiger partial charge in [0.15, 0.2) is 5.78 Å². The first-order valence-corrected chi connectivity index (χ1v) is 10.1. The molecule has 1 aromatic rings. The van der Waals surface area contributed by atoms with Crippen LogP contribution in [0.3, 0.4) is 0 Å². The van der Waals surface area contributed by atoms with E-state index in [2.05, 4.69) is 15.1 Å². The van der Waals surface area contributed by atoms with Crippen molar-refractivity contribution in [1.82, 2.24) is 15.1 Å². The van der Waals surface area contributed by atoms with Gasteiger partial charge in [0.25, 0.3) is 0 Å². The van der Waals surface area contributed by atoms with Gasteiger partial charge in [0.05, 0.1) is 6.04 Å². The molecule has 1 saturated carbocycles. The molecule has 154 valence electrons. The van der Waals surface area contributed by atoms with Gasteiger partial charge in [-0.3, -0.25) is 19.4 Å². The Balaban J connectivity index is 1.35. The fourth-order valence-corrected chi connectivity index (χ4v) is 3.38. The molecule has 0 bridgehead atoms. The minimum atomic E-state index is -0.588. The van der Waals surface area contributed by atoms with E-state index in [4.69, 9.17) is 4.74 Å². The number of aliphatic hydroxyl groups is 1. The van der Waals surface area contributed by atoms with Crippen molar-refractivity contribution in [2.45, 2.75) is 44.9 Å². The molecule has 1 aliphatic carbocycles. The summed E-state index contributed by atoms with van der Waals surface area (Å²) in [4.78, 5) is 27.9. The Morgan fingerprint density at radius 2 is 1.82 bits per heavy atom. The van der Waals surface area contributed by atoms with Crippen LogP contribution in [0.5, 0.6) is 5.75 Å². The van der Waals surface area contributed by atoms with Crippen LogP contribution in [0.2, 0.25) is 0 Å². The van der Waals surface area contributed by atoms with Gasteiger partial charge in [-0.25, -0.2) is 0 Å². The number of aliphatic hydroxyl groups excluding tert-OH is 1.